The third kappa shape index (κ3) is 6.49. The standard InChI is InChI=1S/C21H34N4O2.HI/c1-21(2,25-11-13-26-14-12-25)16-24-20(22-3)23-15-17-7-4-5-10-19(17)27-18-8-6-9-18;/h4-5,7,10,18H,6,8-9,11-16H2,1-3H3,(H2,22,23,24);1H. The maximum absolute atomic E-state index is 6.12. The highest BCUT2D eigenvalue weighted by molar-refractivity contribution is 14.0. The number of aliphatic imine (C=N–C) groups is 1. The molecule has 1 heterocycles. The topological polar surface area (TPSA) is 58.1 Å². The zero-order chi connectivity index (χ0) is 19.1. The number of nitrogens with zero attached hydrogens (tertiary/aromatic N) is 2. The lowest BCUT2D eigenvalue weighted by Crippen LogP contribution is -2.56. The van der Waals surface area contributed by atoms with Gasteiger partial charge in [0.15, 0.2) is 5.96 Å². The predicted octanol–water partition coefficient (Wildman–Crippen LogP) is 3.01. The average molecular weight is 502 g/mol. The Morgan fingerprint density at radius 3 is 2.57 bits per heavy atom. The normalized spacial score (nSPS) is 18.8. The van der Waals surface area contributed by atoms with Gasteiger partial charge in [0.2, 0.25) is 0 Å². The smallest absolute Gasteiger partial charge is 0.191 e. The monoisotopic (exact) mass is 502 g/mol. The first kappa shape index (κ1) is 23.2. The second-order valence-corrected chi connectivity index (χ2v) is 7.97. The fraction of sp³-hybridized carbons (Fsp3) is 0.667. The molecule has 28 heavy (non-hydrogen) atoms. The second kappa shape index (κ2) is 11.2. The van der Waals surface area contributed by atoms with Crippen LogP contribution in [-0.2, 0) is 11.3 Å². The summed E-state index contributed by atoms with van der Waals surface area (Å²) in [5.74, 6) is 1.80. The summed E-state index contributed by atoms with van der Waals surface area (Å²) >= 11 is 0. The van der Waals surface area contributed by atoms with Gasteiger partial charge in [0.1, 0.15) is 5.75 Å². The van der Waals surface area contributed by atoms with E-state index in [4.69, 9.17) is 9.47 Å². The first-order valence-corrected chi connectivity index (χ1v) is 10.1. The van der Waals surface area contributed by atoms with Crippen molar-refractivity contribution >= 4 is 29.9 Å². The Hall–Kier alpha value is -1.06. The molecule has 0 atom stereocenters. The van der Waals surface area contributed by atoms with Crippen molar-refractivity contribution in [2.75, 3.05) is 39.9 Å². The molecule has 2 fully saturated rings. The van der Waals surface area contributed by atoms with Crippen LogP contribution in [0.15, 0.2) is 29.3 Å². The van der Waals surface area contributed by atoms with Crippen molar-refractivity contribution in [3.63, 3.8) is 0 Å². The molecule has 2 N–H and O–H groups in total. The molecule has 0 amide bonds. The third-order valence-electron chi connectivity index (χ3n) is 5.54. The van der Waals surface area contributed by atoms with Crippen molar-refractivity contribution in [1.82, 2.24) is 15.5 Å². The third-order valence-corrected chi connectivity index (χ3v) is 5.54. The van der Waals surface area contributed by atoms with E-state index in [9.17, 15) is 0 Å². The van der Waals surface area contributed by atoms with Crippen LogP contribution < -0.4 is 15.4 Å². The van der Waals surface area contributed by atoms with Gasteiger partial charge >= 0.3 is 0 Å². The van der Waals surface area contributed by atoms with Crippen LogP contribution in [0.3, 0.4) is 0 Å². The van der Waals surface area contributed by atoms with Crippen LogP contribution in [0.5, 0.6) is 5.75 Å². The zero-order valence-corrected chi connectivity index (χ0v) is 19.7. The Balaban J connectivity index is 0.00000280. The Kier molecular flexibility index (Phi) is 9.30. The summed E-state index contributed by atoms with van der Waals surface area (Å²) in [4.78, 5) is 6.85. The minimum Gasteiger partial charge on any atom is -0.490 e. The van der Waals surface area contributed by atoms with E-state index in [0.29, 0.717) is 12.6 Å². The molecule has 158 valence electrons. The van der Waals surface area contributed by atoms with Crippen molar-refractivity contribution in [2.24, 2.45) is 4.99 Å². The molecule has 1 aromatic rings. The van der Waals surface area contributed by atoms with Gasteiger partial charge < -0.3 is 20.1 Å². The summed E-state index contributed by atoms with van der Waals surface area (Å²) in [5, 5.41) is 6.90. The average Bonchev–Trinajstić information content (AvgIpc) is 2.66. The fourth-order valence-corrected chi connectivity index (χ4v) is 3.41. The molecular weight excluding hydrogens is 467 g/mol. The van der Waals surface area contributed by atoms with E-state index in [1.165, 1.54) is 24.8 Å². The van der Waals surface area contributed by atoms with Gasteiger partial charge in [0.25, 0.3) is 0 Å². The molecule has 0 spiro atoms. The van der Waals surface area contributed by atoms with Crippen LogP contribution in [-0.4, -0.2) is 62.4 Å². The number of nitrogens with one attached hydrogen (secondary N) is 2. The van der Waals surface area contributed by atoms with Crippen molar-refractivity contribution in [3.8, 4) is 5.75 Å². The fourth-order valence-electron chi connectivity index (χ4n) is 3.41. The van der Waals surface area contributed by atoms with E-state index in [-0.39, 0.29) is 29.5 Å². The van der Waals surface area contributed by atoms with Crippen LogP contribution in [0.4, 0.5) is 0 Å². The van der Waals surface area contributed by atoms with Crippen molar-refractivity contribution in [2.45, 2.75) is 51.3 Å². The molecule has 3 rings (SSSR count). The molecule has 1 saturated carbocycles. The minimum absolute atomic E-state index is 0. The molecule has 2 aliphatic rings. The molecule has 6 nitrogen and oxygen atoms in total. The number of hydrogen-bond donors (Lipinski definition) is 2. The van der Waals surface area contributed by atoms with Gasteiger partial charge in [0, 0.05) is 44.3 Å². The van der Waals surface area contributed by atoms with Crippen molar-refractivity contribution in [1.29, 1.82) is 0 Å². The number of guanidine groups is 1. The molecule has 0 bridgehead atoms. The van der Waals surface area contributed by atoms with E-state index in [0.717, 1.165) is 44.6 Å². The molecule has 0 unspecified atom stereocenters. The number of para-hydroxylation sites is 1. The second-order valence-electron chi connectivity index (χ2n) is 7.97. The van der Waals surface area contributed by atoms with Crippen LogP contribution in [0.1, 0.15) is 38.7 Å². The number of hydrogen-bond acceptors (Lipinski definition) is 4. The largest absolute Gasteiger partial charge is 0.490 e. The van der Waals surface area contributed by atoms with E-state index < -0.39 is 0 Å². The quantitative estimate of drug-likeness (QED) is 0.341. The van der Waals surface area contributed by atoms with Gasteiger partial charge in [-0.2, -0.15) is 0 Å². The first-order chi connectivity index (χ1) is 13.1. The lowest BCUT2D eigenvalue weighted by molar-refractivity contribution is -0.00834. The lowest BCUT2D eigenvalue weighted by atomic mass is 9.96. The number of benzene rings is 1. The van der Waals surface area contributed by atoms with E-state index >= 15 is 0 Å². The molecule has 1 saturated heterocycles. The highest BCUT2D eigenvalue weighted by atomic mass is 127. The summed E-state index contributed by atoms with van der Waals surface area (Å²) in [6.07, 6.45) is 4.00. The van der Waals surface area contributed by atoms with Gasteiger partial charge in [0.05, 0.1) is 19.3 Å². The molecule has 7 heteroatoms. The Labute approximate surface area is 186 Å². The Morgan fingerprint density at radius 1 is 1.21 bits per heavy atom. The Morgan fingerprint density at radius 2 is 1.93 bits per heavy atom. The maximum Gasteiger partial charge on any atom is 0.191 e. The molecule has 0 aromatic heterocycles. The SMILES string of the molecule is CN=C(NCc1ccccc1OC1CCC1)NCC(C)(C)N1CCOCC1.I. The van der Waals surface area contributed by atoms with Gasteiger partial charge in [-0.1, -0.05) is 18.2 Å². The molecule has 1 aliphatic heterocycles. The number of morpholine rings is 1. The van der Waals surface area contributed by atoms with Gasteiger partial charge in [-0.3, -0.25) is 9.89 Å². The van der Waals surface area contributed by atoms with Crippen LogP contribution in [0, 0.1) is 0 Å². The number of rotatable bonds is 7. The van der Waals surface area contributed by atoms with E-state index in [1.807, 2.05) is 13.1 Å². The summed E-state index contributed by atoms with van der Waals surface area (Å²) in [6.45, 7) is 9.63. The zero-order valence-electron chi connectivity index (χ0n) is 17.4. The maximum atomic E-state index is 6.12. The van der Waals surface area contributed by atoms with E-state index in [2.05, 4.69) is 52.6 Å². The van der Waals surface area contributed by atoms with Gasteiger partial charge in [-0.25, -0.2) is 0 Å². The van der Waals surface area contributed by atoms with Crippen molar-refractivity contribution in [3.05, 3.63) is 29.8 Å². The van der Waals surface area contributed by atoms with Crippen LogP contribution in [0.25, 0.3) is 0 Å². The predicted molar refractivity (Wildman–Crippen MR) is 125 cm³/mol. The Bertz CT molecular complexity index is 629. The number of halogens is 1. The molecule has 1 aromatic carbocycles. The molecule has 0 radical (unpaired) electrons. The van der Waals surface area contributed by atoms with Gasteiger partial charge in [-0.15, -0.1) is 24.0 Å². The van der Waals surface area contributed by atoms with Gasteiger partial charge in [-0.05, 0) is 39.2 Å². The summed E-state index contributed by atoms with van der Waals surface area (Å²) in [5.41, 5.74) is 1.21. The minimum atomic E-state index is 0. The van der Waals surface area contributed by atoms with Crippen molar-refractivity contribution < 1.29 is 9.47 Å². The lowest BCUT2D eigenvalue weighted by Gasteiger charge is -2.41. The summed E-state index contributed by atoms with van der Waals surface area (Å²) < 4.78 is 11.6. The highest BCUT2D eigenvalue weighted by Crippen LogP contribution is 2.27. The molecular formula is C21H35IN4O2. The molecule has 1 aliphatic carbocycles. The van der Waals surface area contributed by atoms with E-state index in [1.54, 1.807) is 0 Å². The highest BCUT2D eigenvalue weighted by Gasteiger charge is 2.28. The number of ether oxygens (including phenoxy) is 2. The summed E-state index contributed by atoms with van der Waals surface area (Å²) in [6, 6.07) is 8.27. The first-order valence-electron chi connectivity index (χ1n) is 10.1. The summed E-state index contributed by atoms with van der Waals surface area (Å²) in [7, 11) is 1.81. The van der Waals surface area contributed by atoms with Crippen LogP contribution >= 0.6 is 24.0 Å². The van der Waals surface area contributed by atoms with Crippen LogP contribution in [0.2, 0.25) is 0 Å².